The molecule has 0 spiro atoms. The average molecular weight is 323 g/mol. The van der Waals surface area contributed by atoms with Crippen LogP contribution in [0.3, 0.4) is 0 Å². The van der Waals surface area contributed by atoms with Gasteiger partial charge in [0, 0.05) is 6.04 Å². The van der Waals surface area contributed by atoms with E-state index < -0.39 is 0 Å². The number of amides is 1. The lowest BCUT2D eigenvalue weighted by Gasteiger charge is -2.29. The summed E-state index contributed by atoms with van der Waals surface area (Å²) >= 11 is 0. The van der Waals surface area contributed by atoms with Crippen molar-refractivity contribution in [2.75, 3.05) is 6.61 Å². The van der Waals surface area contributed by atoms with Crippen LogP contribution in [0, 0.1) is 5.92 Å². The molecule has 0 unspecified atom stereocenters. The standard InChI is InChI=1S/C21H25NO2/c1-16-7-5-6-10-20(16)22-21(23)15-24-19-13-11-18(12-14-19)17-8-3-2-4-9-17/h2-4,8-9,11-14,16,20H,5-7,10,15H2,1H3,(H,22,23)/t16-,20-/m1/s1. The van der Waals surface area contributed by atoms with Gasteiger partial charge >= 0.3 is 0 Å². The first-order valence-electron chi connectivity index (χ1n) is 8.80. The Morgan fingerprint density at radius 1 is 1.00 bits per heavy atom. The predicted octanol–water partition coefficient (Wildman–Crippen LogP) is 4.43. The van der Waals surface area contributed by atoms with Crippen LogP contribution in [0.25, 0.3) is 11.1 Å². The van der Waals surface area contributed by atoms with E-state index in [0.717, 1.165) is 17.7 Å². The third-order valence-electron chi connectivity index (χ3n) is 4.79. The summed E-state index contributed by atoms with van der Waals surface area (Å²) in [5.74, 6) is 1.26. The van der Waals surface area contributed by atoms with Crippen LogP contribution in [-0.4, -0.2) is 18.6 Å². The monoisotopic (exact) mass is 323 g/mol. The number of hydrogen-bond acceptors (Lipinski definition) is 2. The van der Waals surface area contributed by atoms with Gasteiger partial charge in [-0.25, -0.2) is 0 Å². The van der Waals surface area contributed by atoms with Crippen molar-refractivity contribution in [3.63, 3.8) is 0 Å². The average Bonchev–Trinajstić information content (AvgIpc) is 2.63. The van der Waals surface area contributed by atoms with Gasteiger partial charge in [-0.2, -0.15) is 0 Å². The van der Waals surface area contributed by atoms with Crippen molar-refractivity contribution in [1.29, 1.82) is 0 Å². The molecule has 2 aromatic rings. The fraction of sp³-hybridized carbons (Fsp3) is 0.381. The molecule has 3 nitrogen and oxygen atoms in total. The Kier molecular flexibility index (Phi) is 5.52. The normalized spacial score (nSPS) is 20.4. The summed E-state index contributed by atoms with van der Waals surface area (Å²) in [6, 6.07) is 18.4. The Morgan fingerprint density at radius 2 is 1.67 bits per heavy atom. The number of nitrogens with one attached hydrogen (secondary N) is 1. The molecule has 1 aliphatic rings. The molecule has 0 bridgehead atoms. The quantitative estimate of drug-likeness (QED) is 0.884. The van der Waals surface area contributed by atoms with Gasteiger partial charge in [0.15, 0.2) is 6.61 Å². The second-order valence-electron chi connectivity index (χ2n) is 6.61. The van der Waals surface area contributed by atoms with E-state index in [2.05, 4.69) is 24.4 Å². The van der Waals surface area contributed by atoms with E-state index in [1.165, 1.54) is 24.8 Å². The van der Waals surface area contributed by atoms with Crippen LogP contribution in [0.2, 0.25) is 0 Å². The highest BCUT2D eigenvalue weighted by molar-refractivity contribution is 5.78. The number of carbonyl (C=O) groups excluding carboxylic acids is 1. The number of carbonyl (C=O) groups is 1. The summed E-state index contributed by atoms with van der Waals surface area (Å²) in [5, 5.41) is 3.11. The highest BCUT2D eigenvalue weighted by Gasteiger charge is 2.22. The highest BCUT2D eigenvalue weighted by Crippen LogP contribution is 2.24. The van der Waals surface area contributed by atoms with Gasteiger partial charge in [-0.05, 0) is 42.0 Å². The van der Waals surface area contributed by atoms with Gasteiger partial charge in [0.2, 0.25) is 0 Å². The Balaban J connectivity index is 1.50. The van der Waals surface area contributed by atoms with Crippen LogP contribution < -0.4 is 10.1 Å². The molecule has 2 aromatic carbocycles. The van der Waals surface area contributed by atoms with E-state index in [-0.39, 0.29) is 12.5 Å². The molecule has 0 heterocycles. The molecule has 0 radical (unpaired) electrons. The van der Waals surface area contributed by atoms with Crippen LogP contribution in [-0.2, 0) is 4.79 Å². The maximum absolute atomic E-state index is 12.1. The molecule has 1 fully saturated rings. The number of hydrogen-bond donors (Lipinski definition) is 1. The molecule has 1 saturated carbocycles. The fourth-order valence-corrected chi connectivity index (χ4v) is 3.30. The first kappa shape index (κ1) is 16.6. The van der Waals surface area contributed by atoms with E-state index in [4.69, 9.17) is 4.74 Å². The maximum atomic E-state index is 12.1. The number of rotatable bonds is 5. The lowest BCUT2D eigenvalue weighted by molar-refractivity contribution is -0.124. The fourth-order valence-electron chi connectivity index (χ4n) is 3.30. The molecule has 1 N–H and O–H groups in total. The summed E-state index contributed by atoms with van der Waals surface area (Å²) in [6.45, 7) is 2.29. The van der Waals surface area contributed by atoms with Gasteiger partial charge in [0.25, 0.3) is 5.91 Å². The van der Waals surface area contributed by atoms with Crippen molar-refractivity contribution in [2.24, 2.45) is 5.92 Å². The van der Waals surface area contributed by atoms with Crippen molar-refractivity contribution in [3.8, 4) is 16.9 Å². The van der Waals surface area contributed by atoms with Crippen molar-refractivity contribution in [1.82, 2.24) is 5.32 Å². The third kappa shape index (κ3) is 4.38. The predicted molar refractivity (Wildman–Crippen MR) is 96.9 cm³/mol. The van der Waals surface area contributed by atoms with E-state index in [1.54, 1.807) is 0 Å². The minimum absolute atomic E-state index is 0.0270. The van der Waals surface area contributed by atoms with Crippen LogP contribution in [0.4, 0.5) is 0 Å². The van der Waals surface area contributed by atoms with Crippen LogP contribution >= 0.6 is 0 Å². The van der Waals surface area contributed by atoms with Crippen molar-refractivity contribution >= 4 is 5.91 Å². The molecule has 126 valence electrons. The Morgan fingerprint density at radius 3 is 2.38 bits per heavy atom. The molecule has 24 heavy (non-hydrogen) atoms. The van der Waals surface area contributed by atoms with Gasteiger partial charge in [0.1, 0.15) is 5.75 Å². The Bertz CT molecular complexity index is 651. The zero-order valence-electron chi connectivity index (χ0n) is 14.2. The third-order valence-corrected chi connectivity index (χ3v) is 4.79. The zero-order valence-corrected chi connectivity index (χ0v) is 14.2. The first-order valence-corrected chi connectivity index (χ1v) is 8.80. The molecule has 2 atom stereocenters. The van der Waals surface area contributed by atoms with Gasteiger partial charge in [-0.15, -0.1) is 0 Å². The second-order valence-corrected chi connectivity index (χ2v) is 6.61. The molecule has 1 aliphatic carbocycles. The summed E-state index contributed by atoms with van der Waals surface area (Å²) in [6.07, 6.45) is 4.76. The van der Waals surface area contributed by atoms with Crippen LogP contribution in [0.1, 0.15) is 32.6 Å². The molecular formula is C21H25NO2. The van der Waals surface area contributed by atoms with Gasteiger partial charge in [-0.1, -0.05) is 62.2 Å². The van der Waals surface area contributed by atoms with E-state index in [0.29, 0.717) is 12.0 Å². The molecule has 0 saturated heterocycles. The molecule has 0 aromatic heterocycles. The minimum Gasteiger partial charge on any atom is -0.484 e. The van der Waals surface area contributed by atoms with E-state index in [1.807, 2.05) is 42.5 Å². The van der Waals surface area contributed by atoms with Crippen molar-refractivity contribution in [3.05, 3.63) is 54.6 Å². The van der Waals surface area contributed by atoms with Crippen molar-refractivity contribution in [2.45, 2.75) is 38.6 Å². The largest absolute Gasteiger partial charge is 0.484 e. The smallest absolute Gasteiger partial charge is 0.258 e. The summed E-state index contributed by atoms with van der Waals surface area (Å²) in [7, 11) is 0. The minimum atomic E-state index is -0.0270. The maximum Gasteiger partial charge on any atom is 0.258 e. The first-order chi connectivity index (χ1) is 11.7. The van der Waals surface area contributed by atoms with Gasteiger partial charge in [0.05, 0.1) is 0 Å². The number of ether oxygens (including phenoxy) is 1. The highest BCUT2D eigenvalue weighted by atomic mass is 16.5. The Hall–Kier alpha value is -2.29. The van der Waals surface area contributed by atoms with Crippen LogP contribution in [0.15, 0.2) is 54.6 Å². The Labute approximate surface area is 144 Å². The second kappa shape index (κ2) is 8.00. The number of benzene rings is 2. The van der Waals surface area contributed by atoms with Gasteiger partial charge < -0.3 is 10.1 Å². The molecule has 1 amide bonds. The lowest BCUT2D eigenvalue weighted by atomic mass is 9.86. The molecule has 3 rings (SSSR count). The van der Waals surface area contributed by atoms with E-state index in [9.17, 15) is 4.79 Å². The summed E-state index contributed by atoms with van der Waals surface area (Å²) < 4.78 is 5.62. The van der Waals surface area contributed by atoms with E-state index >= 15 is 0 Å². The SMILES string of the molecule is C[C@@H]1CCCC[C@H]1NC(=O)COc1ccc(-c2ccccc2)cc1. The van der Waals surface area contributed by atoms with Gasteiger partial charge in [-0.3, -0.25) is 4.79 Å². The molecule has 3 heteroatoms. The zero-order chi connectivity index (χ0) is 16.8. The topological polar surface area (TPSA) is 38.3 Å². The lowest BCUT2D eigenvalue weighted by Crippen LogP contribution is -2.43. The molecule has 0 aliphatic heterocycles. The van der Waals surface area contributed by atoms with Crippen molar-refractivity contribution < 1.29 is 9.53 Å². The summed E-state index contributed by atoms with van der Waals surface area (Å²) in [4.78, 5) is 12.1. The summed E-state index contributed by atoms with van der Waals surface area (Å²) in [5.41, 5.74) is 2.32. The molecular weight excluding hydrogens is 298 g/mol. The van der Waals surface area contributed by atoms with Crippen LogP contribution in [0.5, 0.6) is 5.75 Å².